The third kappa shape index (κ3) is 1.97. The third-order valence-corrected chi connectivity index (χ3v) is 5.41. The third-order valence-electron chi connectivity index (χ3n) is 5.41. The molecule has 88 valence electrons. The highest BCUT2D eigenvalue weighted by Crippen LogP contribution is 2.70. The monoisotopic (exact) mass is 208 g/mol. The van der Waals surface area contributed by atoms with Crippen LogP contribution in [-0.4, -0.2) is 0 Å². The fraction of sp³-hybridized carbons (Fsp3) is 1.00. The Morgan fingerprint density at radius 3 is 2.47 bits per heavy atom. The van der Waals surface area contributed by atoms with E-state index in [1.54, 1.807) is 12.8 Å². The number of hydrogen-bond acceptors (Lipinski definition) is 0. The molecule has 0 aromatic rings. The van der Waals surface area contributed by atoms with E-state index in [1.165, 1.54) is 38.5 Å². The summed E-state index contributed by atoms with van der Waals surface area (Å²) in [5.41, 5.74) is 0.839. The molecular formula is C15H28. The lowest BCUT2D eigenvalue weighted by molar-refractivity contribution is 0.356. The van der Waals surface area contributed by atoms with Gasteiger partial charge < -0.3 is 0 Å². The Morgan fingerprint density at radius 2 is 1.87 bits per heavy atom. The minimum atomic E-state index is 0.839. The molecular weight excluding hydrogens is 180 g/mol. The van der Waals surface area contributed by atoms with Crippen molar-refractivity contribution >= 4 is 0 Å². The quantitative estimate of drug-likeness (QED) is 0.556. The molecule has 0 saturated heterocycles. The van der Waals surface area contributed by atoms with Crippen LogP contribution in [0.15, 0.2) is 0 Å². The van der Waals surface area contributed by atoms with Crippen LogP contribution >= 0.6 is 0 Å². The molecule has 3 unspecified atom stereocenters. The SMILES string of the molecule is CCCCCC(C)C1C(C)C12CCCC2. The summed E-state index contributed by atoms with van der Waals surface area (Å²) in [4.78, 5) is 0. The lowest BCUT2D eigenvalue weighted by atomic mass is 9.91. The fourth-order valence-electron chi connectivity index (χ4n) is 4.51. The highest BCUT2D eigenvalue weighted by Gasteiger charge is 2.63. The first-order valence-corrected chi connectivity index (χ1v) is 7.22. The van der Waals surface area contributed by atoms with Crippen molar-refractivity contribution in [3.63, 3.8) is 0 Å². The van der Waals surface area contributed by atoms with Gasteiger partial charge in [-0.3, -0.25) is 0 Å². The van der Waals surface area contributed by atoms with E-state index < -0.39 is 0 Å². The molecule has 0 N–H and O–H groups in total. The molecule has 0 radical (unpaired) electrons. The molecule has 15 heavy (non-hydrogen) atoms. The van der Waals surface area contributed by atoms with Gasteiger partial charge in [0.15, 0.2) is 0 Å². The van der Waals surface area contributed by atoms with Gasteiger partial charge in [0, 0.05) is 0 Å². The maximum Gasteiger partial charge on any atom is -0.0235 e. The van der Waals surface area contributed by atoms with Gasteiger partial charge in [0.25, 0.3) is 0 Å². The Hall–Kier alpha value is 0. The van der Waals surface area contributed by atoms with Crippen molar-refractivity contribution in [3.8, 4) is 0 Å². The van der Waals surface area contributed by atoms with E-state index in [0.29, 0.717) is 0 Å². The summed E-state index contributed by atoms with van der Waals surface area (Å²) >= 11 is 0. The van der Waals surface area contributed by atoms with Crippen LogP contribution in [0.1, 0.15) is 72.1 Å². The van der Waals surface area contributed by atoms with Crippen molar-refractivity contribution < 1.29 is 0 Å². The maximum atomic E-state index is 2.52. The largest absolute Gasteiger partial charge is 0.0654 e. The minimum absolute atomic E-state index is 0.839. The molecule has 2 saturated carbocycles. The van der Waals surface area contributed by atoms with Crippen LogP contribution in [-0.2, 0) is 0 Å². The zero-order valence-corrected chi connectivity index (χ0v) is 10.9. The van der Waals surface area contributed by atoms with Gasteiger partial charge in [-0.15, -0.1) is 0 Å². The molecule has 0 nitrogen and oxygen atoms in total. The molecule has 2 aliphatic rings. The summed E-state index contributed by atoms with van der Waals surface area (Å²) in [5, 5.41) is 0. The summed E-state index contributed by atoms with van der Waals surface area (Å²) in [7, 11) is 0. The number of rotatable bonds is 5. The zero-order chi connectivity index (χ0) is 10.9. The molecule has 1 spiro atoms. The average Bonchev–Trinajstić information content (AvgIpc) is 2.63. The maximum absolute atomic E-state index is 2.52. The minimum Gasteiger partial charge on any atom is -0.0654 e. The summed E-state index contributed by atoms with van der Waals surface area (Å²) in [6.45, 7) is 7.35. The van der Waals surface area contributed by atoms with Crippen molar-refractivity contribution in [2.75, 3.05) is 0 Å². The normalized spacial score (nSPS) is 34.6. The van der Waals surface area contributed by atoms with Gasteiger partial charge in [-0.05, 0) is 36.0 Å². The Labute approximate surface area is 95.8 Å². The smallest absolute Gasteiger partial charge is 0.0235 e. The first kappa shape index (κ1) is 11.5. The summed E-state index contributed by atoms with van der Waals surface area (Å²) in [5.74, 6) is 3.15. The predicted molar refractivity (Wildman–Crippen MR) is 66.9 cm³/mol. The molecule has 0 heterocycles. The Balaban J connectivity index is 1.79. The lowest BCUT2D eigenvalue weighted by Crippen LogP contribution is -2.05. The Kier molecular flexibility index (Phi) is 3.42. The molecule has 0 aromatic carbocycles. The van der Waals surface area contributed by atoms with Gasteiger partial charge in [-0.25, -0.2) is 0 Å². The van der Waals surface area contributed by atoms with E-state index in [-0.39, 0.29) is 0 Å². The van der Waals surface area contributed by atoms with Crippen LogP contribution in [0.2, 0.25) is 0 Å². The van der Waals surface area contributed by atoms with Crippen molar-refractivity contribution in [2.24, 2.45) is 23.2 Å². The van der Waals surface area contributed by atoms with E-state index in [4.69, 9.17) is 0 Å². The summed E-state index contributed by atoms with van der Waals surface area (Å²) in [6, 6.07) is 0. The van der Waals surface area contributed by atoms with E-state index >= 15 is 0 Å². The second kappa shape index (κ2) is 4.47. The van der Waals surface area contributed by atoms with E-state index in [9.17, 15) is 0 Å². The summed E-state index contributed by atoms with van der Waals surface area (Å²) < 4.78 is 0. The highest BCUT2D eigenvalue weighted by atomic mass is 14.7. The van der Waals surface area contributed by atoms with Crippen LogP contribution in [0.3, 0.4) is 0 Å². The number of hydrogen-bond donors (Lipinski definition) is 0. The fourth-order valence-corrected chi connectivity index (χ4v) is 4.51. The molecule has 2 fully saturated rings. The van der Waals surface area contributed by atoms with Crippen molar-refractivity contribution in [3.05, 3.63) is 0 Å². The first-order valence-electron chi connectivity index (χ1n) is 7.22. The second-order valence-electron chi connectivity index (χ2n) is 6.23. The molecule has 0 heteroatoms. The average molecular weight is 208 g/mol. The van der Waals surface area contributed by atoms with Crippen LogP contribution < -0.4 is 0 Å². The predicted octanol–water partition coefficient (Wildman–Crippen LogP) is 5.03. The standard InChI is InChI=1S/C15H28/c1-4-5-6-9-12(2)14-13(3)15(14)10-7-8-11-15/h12-14H,4-11H2,1-3H3. The van der Waals surface area contributed by atoms with Gasteiger partial charge in [-0.1, -0.05) is 59.3 Å². The van der Waals surface area contributed by atoms with Crippen LogP contribution in [0.5, 0.6) is 0 Å². The van der Waals surface area contributed by atoms with Gasteiger partial charge >= 0.3 is 0 Å². The Morgan fingerprint density at radius 1 is 1.20 bits per heavy atom. The highest BCUT2D eigenvalue weighted by molar-refractivity contribution is 5.11. The van der Waals surface area contributed by atoms with Crippen LogP contribution in [0.25, 0.3) is 0 Å². The molecule has 3 atom stereocenters. The Bertz CT molecular complexity index is 200. The van der Waals surface area contributed by atoms with Gasteiger partial charge in [0.05, 0.1) is 0 Å². The number of unbranched alkanes of at least 4 members (excludes halogenated alkanes) is 2. The zero-order valence-electron chi connectivity index (χ0n) is 10.9. The van der Waals surface area contributed by atoms with E-state index in [1.807, 2.05) is 0 Å². The summed E-state index contributed by atoms with van der Waals surface area (Å²) in [6.07, 6.45) is 11.9. The first-order chi connectivity index (χ1) is 7.22. The molecule has 2 rings (SSSR count). The van der Waals surface area contributed by atoms with Crippen LogP contribution in [0.4, 0.5) is 0 Å². The van der Waals surface area contributed by atoms with E-state index in [0.717, 1.165) is 23.2 Å². The molecule has 0 aliphatic heterocycles. The van der Waals surface area contributed by atoms with E-state index in [2.05, 4.69) is 20.8 Å². The topological polar surface area (TPSA) is 0 Å². The van der Waals surface area contributed by atoms with Gasteiger partial charge in [0.1, 0.15) is 0 Å². The second-order valence-corrected chi connectivity index (χ2v) is 6.23. The van der Waals surface area contributed by atoms with Gasteiger partial charge in [-0.2, -0.15) is 0 Å². The van der Waals surface area contributed by atoms with Crippen molar-refractivity contribution in [1.82, 2.24) is 0 Å². The van der Waals surface area contributed by atoms with Crippen LogP contribution in [0, 0.1) is 23.2 Å². The van der Waals surface area contributed by atoms with Crippen molar-refractivity contribution in [1.29, 1.82) is 0 Å². The van der Waals surface area contributed by atoms with Crippen molar-refractivity contribution in [2.45, 2.75) is 72.1 Å². The molecule has 0 bridgehead atoms. The molecule has 0 amide bonds. The lowest BCUT2D eigenvalue weighted by Gasteiger charge is -2.14. The van der Waals surface area contributed by atoms with Gasteiger partial charge in [0.2, 0.25) is 0 Å². The molecule has 2 aliphatic carbocycles. The molecule has 0 aromatic heterocycles.